The van der Waals surface area contributed by atoms with Crippen molar-refractivity contribution < 1.29 is 18.0 Å². The summed E-state index contributed by atoms with van der Waals surface area (Å²) in [4.78, 5) is 27.9. The van der Waals surface area contributed by atoms with Gasteiger partial charge in [0.1, 0.15) is 10.9 Å². The molecule has 0 saturated carbocycles. The van der Waals surface area contributed by atoms with Gasteiger partial charge in [0.05, 0.1) is 6.54 Å². The number of benzene rings is 1. The third-order valence-electron chi connectivity index (χ3n) is 4.77. The lowest BCUT2D eigenvalue weighted by Gasteiger charge is -2.33. The Bertz CT molecular complexity index is 880. The molecule has 25 heavy (non-hydrogen) atoms. The molecule has 0 unspecified atom stereocenters. The molecule has 2 saturated heterocycles. The standard InChI is InChI=1S/C16H18N4O4S/c21-14-10-19(9-7-17-14)16(22)12-5-3-8-20(12)15-11-4-1-2-6-13(11)25(23,24)18-15/h1-2,4,6,12H,3,5,7-10H2,(H,17,21)/t12-/m0/s1. The van der Waals surface area contributed by atoms with Crippen molar-refractivity contribution in [1.29, 1.82) is 0 Å². The number of rotatable bonds is 1. The molecule has 0 spiro atoms. The van der Waals surface area contributed by atoms with E-state index in [0.29, 0.717) is 37.5 Å². The van der Waals surface area contributed by atoms with E-state index in [1.807, 2.05) is 0 Å². The quantitative estimate of drug-likeness (QED) is 0.730. The molecule has 1 atom stereocenters. The molecular weight excluding hydrogens is 344 g/mol. The highest BCUT2D eigenvalue weighted by Gasteiger charge is 2.41. The van der Waals surface area contributed by atoms with E-state index in [1.165, 1.54) is 11.0 Å². The first kappa shape index (κ1) is 16.1. The van der Waals surface area contributed by atoms with Crippen LogP contribution in [0.2, 0.25) is 0 Å². The molecule has 4 rings (SSSR count). The minimum Gasteiger partial charge on any atom is -0.353 e. The average molecular weight is 362 g/mol. The Labute approximate surface area is 145 Å². The van der Waals surface area contributed by atoms with E-state index < -0.39 is 16.1 Å². The van der Waals surface area contributed by atoms with Crippen LogP contribution in [0, 0.1) is 0 Å². The monoisotopic (exact) mass is 362 g/mol. The predicted molar refractivity (Wildman–Crippen MR) is 89.5 cm³/mol. The lowest BCUT2D eigenvalue weighted by molar-refractivity contribution is -0.140. The summed E-state index contributed by atoms with van der Waals surface area (Å²) in [5, 5.41) is 2.70. The van der Waals surface area contributed by atoms with E-state index in [-0.39, 0.29) is 23.3 Å². The fourth-order valence-electron chi connectivity index (χ4n) is 3.61. The summed E-state index contributed by atoms with van der Waals surface area (Å²) in [6.45, 7) is 1.52. The summed E-state index contributed by atoms with van der Waals surface area (Å²) < 4.78 is 28.5. The Balaban J connectivity index is 1.65. The SMILES string of the molecule is O=C1CN(C(=O)[C@@H]2CCCN2C2=NS(=O)(=O)c3ccccc32)CCN1. The van der Waals surface area contributed by atoms with Crippen LogP contribution in [0.25, 0.3) is 0 Å². The highest BCUT2D eigenvalue weighted by atomic mass is 32.2. The van der Waals surface area contributed by atoms with Gasteiger partial charge in [-0.3, -0.25) is 9.59 Å². The van der Waals surface area contributed by atoms with Crippen LogP contribution >= 0.6 is 0 Å². The maximum absolute atomic E-state index is 12.9. The lowest BCUT2D eigenvalue weighted by atomic mass is 10.1. The summed E-state index contributed by atoms with van der Waals surface area (Å²) in [6, 6.07) is 6.19. The second-order valence-corrected chi connectivity index (χ2v) is 7.92. The molecular formula is C16H18N4O4S. The van der Waals surface area contributed by atoms with Gasteiger partial charge in [-0.15, -0.1) is 4.40 Å². The number of hydrogen-bond acceptors (Lipinski definition) is 5. The first-order valence-electron chi connectivity index (χ1n) is 8.24. The number of fused-ring (bicyclic) bond motifs is 1. The zero-order valence-corrected chi connectivity index (χ0v) is 14.3. The molecule has 2 fully saturated rings. The second-order valence-electron chi connectivity index (χ2n) is 6.35. The van der Waals surface area contributed by atoms with E-state index in [0.717, 1.165) is 6.42 Å². The molecule has 0 aromatic heterocycles. The highest BCUT2D eigenvalue weighted by Crippen LogP contribution is 2.31. The Hall–Kier alpha value is -2.42. The Morgan fingerprint density at radius 2 is 2.04 bits per heavy atom. The lowest BCUT2D eigenvalue weighted by Crippen LogP contribution is -2.55. The van der Waals surface area contributed by atoms with Crippen LogP contribution in [0.4, 0.5) is 0 Å². The molecule has 3 aliphatic rings. The topological polar surface area (TPSA) is 99.2 Å². The molecule has 1 N–H and O–H groups in total. The van der Waals surface area contributed by atoms with Crippen molar-refractivity contribution in [2.75, 3.05) is 26.2 Å². The summed E-state index contributed by atoms with van der Waals surface area (Å²) >= 11 is 0. The third-order valence-corrected chi connectivity index (χ3v) is 6.10. The predicted octanol–water partition coefficient (Wildman–Crippen LogP) is -0.442. The highest BCUT2D eigenvalue weighted by molar-refractivity contribution is 7.90. The van der Waals surface area contributed by atoms with Crippen molar-refractivity contribution >= 4 is 27.7 Å². The molecule has 0 bridgehead atoms. The number of carbonyl (C=O) groups is 2. The van der Waals surface area contributed by atoms with Crippen LogP contribution in [-0.4, -0.2) is 68.1 Å². The van der Waals surface area contributed by atoms with Crippen molar-refractivity contribution in [2.24, 2.45) is 4.40 Å². The van der Waals surface area contributed by atoms with E-state index in [9.17, 15) is 18.0 Å². The number of nitrogens with one attached hydrogen (secondary N) is 1. The molecule has 0 radical (unpaired) electrons. The second kappa shape index (κ2) is 5.83. The number of likely N-dealkylation sites (tertiary alicyclic amines) is 1. The molecule has 2 amide bonds. The molecule has 8 nitrogen and oxygen atoms in total. The fourth-order valence-corrected chi connectivity index (χ4v) is 4.83. The number of hydrogen-bond donors (Lipinski definition) is 1. The van der Waals surface area contributed by atoms with Crippen LogP contribution in [0.15, 0.2) is 33.6 Å². The number of amidine groups is 1. The van der Waals surface area contributed by atoms with Crippen LogP contribution in [0.1, 0.15) is 18.4 Å². The van der Waals surface area contributed by atoms with Crippen LogP contribution < -0.4 is 5.32 Å². The summed E-state index contributed by atoms with van der Waals surface area (Å²) in [6.07, 6.45) is 1.40. The molecule has 0 aliphatic carbocycles. The van der Waals surface area contributed by atoms with Gasteiger partial charge in [-0.05, 0) is 25.0 Å². The Morgan fingerprint density at radius 1 is 1.24 bits per heavy atom. The summed E-state index contributed by atoms with van der Waals surface area (Å²) in [7, 11) is -3.72. The average Bonchev–Trinajstić information content (AvgIpc) is 3.17. The zero-order valence-electron chi connectivity index (χ0n) is 13.5. The van der Waals surface area contributed by atoms with Crippen molar-refractivity contribution in [3.05, 3.63) is 29.8 Å². The van der Waals surface area contributed by atoms with Gasteiger partial charge >= 0.3 is 0 Å². The van der Waals surface area contributed by atoms with Gasteiger partial charge in [0, 0.05) is 25.2 Å². The largest absolute Gasteiger partial charge is 0.353 e. The third kappa shape index (κ3) is 2.68. The maximum Gasteiger partial charge on any atom is 0.285 e. The van der Waals surface area contributed by atoms with Crippen LogP contribution in [0.5, 0.6) is 0 Å². The number of sulfonamides is 1. The number of nitrogens with zero attached hydrogens (tertiary/aromatic N) is 3. The van der Waals surface area contributed by atoms with Crippen LogP contribution in [0.3, 0.4) is 0 Å². The van der Waals surface area contributed by atoms with Gasteiger partial charge in [0.15, 0.2) is 5.84 Å². The van der Waals surface area contributed by atoms with Gasteiger partial charge < -0.3 is 15.1 Å². The minimum atomic E-state index is -3.72. The van der Waals surface area contributed by atoms with Crippen molar-refractivity contribution in [1.82, 2.24) is 15.1 Å². The number of piperazine rings is 1. The molecule has 3 heterocycles. The summed E-state index contributed by atoms with van der Waals surface area (Å²) in [5.74, 6) is 0.0278. The Morgan fingerprint density at radius 3 is 2.84 bits per heavy atom. The molecule has 1 aromatic carbocycles. The van der Waals surface area contributed by atoms with E-state index in [1.54, 1.807) is 23.1 Å². The van der Waals surface area contributed by atoms with Gasteiger partial charge in [-0.25, -0.2) is 0 Å². The molecule has 1 aromatic rings. The van der Waals surface area contributed by atoms with Crippen molar-refractivity contribution in [3.63, 3.8) is 0 Å². The number of amides is 2. The maximum atomic E-state index is 12.9. The number of carbonyl (C=O) groups excluding carboxylic acids is 2. The van der Waals surface area contributed by atoms with Crippen molar-refractivity contribution in [3.8, 4) is 0 Å². The van der Waals surface area contributed by atoms with Gasteiger partial charge in [-0.2, -0.15) is 8.42 Å². The Kier molecular flexibility index (Phi) is 3.75. The molecule has 9 heteroatoms. The van der Waals surface area contributed by atoms with Gasteiger partial charge in [-0.1, -0.05) is 12.1 Å². The minimum absolute atomic E-state index is 0.0462. The first-order valence-corrected chi connectivity index (χ1v) is 9.68. The molecule has 132 valence electrons. The first-order chi connectivity index (χ1) is 12.0. The van der Waals surface area contributed by atoms with Crippen LogP contribution in [-0.2, 0) is 19.6 Å². The van der Waals surface area contributed by atoms with E-state index in [4.69, 9.17) is 0 Å². The normalized spacial score (nSPS) is 24.7. The van der Waals surface area contributed by atoms with Crippen molar-refractivity contribution in [2.45, 2.75) is 23.8 Å². The zero-order chi connectivity index (χ0) is 17.6. The van der Waals surface area contributed by atoms with Gasteiger partial charge in [0.2, 0.25) is 11.8 Å². The summed E-state index contributed by atoms with van der Waals surface area (Å²) in [5.41, 5.74) is 0.540. The van der Waals surface area contributed by atoms with E-state index >= 15 is 0 Å². The van der Waals surface area contributed by atoms with E-state index in [2.05, 4.69) is 9.71 Å². The smallest absolute Gasteiger partial charge is 0.285 e. The fraction of sp³-hybridized carbons (Fsp3) is 0.438. The van der Waals surface area contributed by atoms with Gasteiger partial charge in [0.25, 0.3) is 10.0 Å². The molecule has 3 aliphatic heterocycles.